The molecule has 19 heavy (non-hydrogen) atoms. The molecule has 5 heteroatoms. The summed E-state index contributed by atoms with van der Waals surface area (Å²) in [6.45, 7) is 0.188. The molecule has 0 heterocycles. The molecule has 2 aromatic rings. The van der Waals surface area contributed by atoms with Crippen LogP contribution in [0.15, 0.2) is 42.5 Å². The number of anilines is 1. The minimum atomic E-state index is -1.05. The van der Waals surface area contributed by atoms with Crippen LogP contribution >= 0.6 is 0 Å². The fourth-order valence-corrected chi connectivity index (χ4v) is 1.53. The highest BCUT2D eigenvalue weighted by Gasteiger charge is 2.07. The SMILES string of the molecule is Nc1ccc(C(=O)O)cc1OCc1ccc(F)cc1. The van der Waals surface area contributed by atoms with E-state index in [9.17, 15) is 9.18 Å². The monoisotopic (exact) mass is 261 g/mol. The molecular weight excluding hydrogens is 249 g/mol. The Balaban J connectivity index is 2.12. The summed E-state index contributed by atoms with van der Waals surface area (Å²) >= 11 is 0. The van der Waals surface area contributed by atoms with Crippen LogP contribution in [0.5, 0.6) is 5.75 Å². The molecule has 4 nitrogen and oxygen atoms in total. The number of carbonyl (C=O) groups is 1. The molecule has 2 rings (SSSR count). The van der Waals surface area contributed by atoms with Gasteiger partial charge >= 0.3 is 5.97 Å². The van der Waals surface area contributed by atoms with E-state index in [0.717, 1.165) is 5.56 Å². The van der Waals surface area contributed by atoms with Gasteiger partial charge in [0.25, 0.3) is 0 Å². The number of hydrogen-bond donors (Lipinski definition) is 2. The van der Waals surface area contributed by atoms with Crippen LogP contribution in [0.2, 0.25) is 0 Å². The molecule has 0 saturated heterocycles. The van der Waals surface area contributed by atoms with Crippen LogP contribution in [0.3, 0.4) is 0 Å². The first-order valence-corrected chi connectivity index (χ1v) is 5.56. The third kappa shape index (κ3) is 3.22. The zero-order chi connectivity index (χ0) is 13.8. The largest absolute Gasteiger partial charge is 0.487 e. The highest BCUT2D eigenvalue weighted by molar-refractivity contribution is 5.89. The topological polar surface area (TPSA) is 72.6 Å². The molecule has 0 unspecified atom stereocenters. The molecule has 0 bridgehead atoms. The number of nitrogen functional groups attached to an aromatic ring is 1. The van der Waals surface area contributed by atoms with Gasteiger partial charge in [0.05, 0.1) is 11.3 Å². The average Bonchev–Trinajstić information content (AvgIpc) is 2.39. The number of benzene rings is 2. The van der Waals surface area contributed by atoms with Crippen molar-refractivity contribution >= 4 is 11.7 Å². The first-order valence-electron chi connectivity index (χ1n) is 5.56. The first kappa shape index (κ1) is 12.9. The summed E-state index contributed by atoms with van der Waals surface area (Å²) in [5, 5.41) is 8.88. The van der Waals surface area contributed by atoms with Crippen LogP contribution in [-0.4, -0.2) is 11.1 Å². The van der Waals surface area contributed by atoms with Crippen molar-refractivity contribution in [2.24, 2.45) is 0 Å². The Hall–Kier alpha value is -2.56. The lowest BCUT2D eigenvalue weighted by molar-refractivity contribution is 0.0696. The normalized spacial score (nSPS) is 10.2. The second-order valence-electron chi connectivity index (χ2n) is 3.97. The molecule has 0 amide bonds. The van der Waals surface area contributed by atoms with Gasteiger partial charge in [0, 0.05) is 0 Å². The molecule has 0 aromatic heterocycles. The Kier molecular flexibility index (Phi) is 3.66. The Morgan fingerprint density at radius 2 is 1.89 bits per heavy atom. The maximum Gasteiger partial charge on any atom is 0.335 e. The summed E-state index contributed by atoms with van der Waals surface area (Å²) in [6, 6.07) is 10.1. The number of ether oxygens (including phenoxy) is 1. The molecule has 0 aliphatic rings. The lowest BCUT2D eigenvalue weighted by Gasteiger charge is -2.09. The van der Waals surface area contributed by atoms with Crippen molar-refractivity contribution in [2.45, 2.75) is 6.61 Å². The molecule has 2 aromatic carbocycles. The van der Waals surface area contributed by atoms with Gasteiger partial charge in [0.2, 0.25) is 0 Å². The van der Waals surface area contributed by atoms with Crippen molar-refractivity contribution in [1.29, 1.82) is 0 Å². The molecule has 3 N–H and O–H groups in total. The molecule has 0 radical (unpaired) electrons. The van der Waals surface area contributed by atoms with Gasteiger partial charge in [-0.1, -0.05) is 12.1 Å². The number of halogens is 1. The Bertz CT molecular complexity index is 596. The van der Waals surface area contributed by atoms with Crippen LogP contribution in [0.1, 0.15) is 15.9 Å². The molecule has 0 spiro atoms. The van der Waals surface area contributed by atoms with E-state index in [1.807, 2.05) is 0 Å². The van der Waals surface area contributed by atoms with Crippen LogP contribution < -0.4 is 10.5 Å². The van der Waals surface area contributed by atoms with Crippen molar-refractivity contribution in [3.05, 3.63) is 59.4 Å². The smallest absolute Gasteiger partial charge is 0.335 e. The van der Waals surface area contributed by atoms with Gasteiger partial charge in [0.15, 0.2) is 0 Å². The zero-order valence-corrected chi connectivity index (χ0v) is 9.97. The van der Waals surface area contributed by atoms with E-state index in [0.29, 0.717) is 11.4 Å². The van der Waals surface area contributed by atoms with Gasteiger partial charge < -0.3 is 15.6 Å². The van der Waals surface area contributed by atoms with E-state index < -0.39 is 5.97 Å². The summed E-state index contributed by atoms with van der Waals surface area (Å²) in [6.07, 6.45) is 0. The summed E-state index contributed by atoms with van der Waals surface area (Å²) in [7, 11) is 0. The number of carboxylic acids is 1. The fourth-order valence-electron chi connectivity index (χ4n) is 1.53. The van der Waals surface area contributed by atoms with Gasteiger partial charge in [0.1, 0.15) is 18.2 Å². The fraction of sp³-hybridized carbons (Fsp3) is 0.0714. The van der Waals surface area contributed by atoms with Crippen LogP contribution in [-0.2, 0) is 6.61 Å². The molecule has 0 aliphatic carbocycles. The highest BCUT2D eigenvalue weighted by Crippen LogP contribution is 2.23. The standard InChI is InChI=1S/C14H12FNO3/c15-11-4-1-9(2-5-11)8-19-13-7-10(14(17)18)3-6-12(13)16/h1-7H,8,16H2,(H,17,18). The van der Waals surface area contributed by atoms with E-state index in [4.69, 9.17) is 15.6 Å². The van der Waals surface area contributed by atoms with E-state index in [-0.39, 0.29) is 18.0 Å². The maximum atomic E-state index is 12.7. The number of aromatic carboxylic acids is 1. The lowest BCUT2D eigenvalue weighted by atomic mass is 10.2. The summed E-state index contributed by atoms with van der Waals surface area (Å²) in [5.74, 6) is -1.08. The molecule has 98 valence electrons. The number of carboxylic acid groups (broad SMARTS) is 1. The van der Waals surface area contributed by atoms with Gasteiger partial charge in [-0.05, 0) is 35.9 Å². The zero-order valence-electron chi connectivity index (χ0n) is 9.97. The quantitative estimate of drug-likeness (QED) is 0.830. The van der Waals surface area contributed by atoms with Gasteiger partial charge in [-0.25, -0.2) is 9.18 Å². The van der Waals surface area contributed by atoms with Gasteiger partial charge in [-0.2, -0.15) is 0 Å². The van der Waals surface area contributed by atoms with Gasteiger partial charge in [-0.3, -0.25) is 0 Å². The van der Waals surface area contributed by atoms with Crippen molar-refractivity contribution < 1.29 is 19.0 Å². The highest BCUT2D eigenvalue weighted by atomic mass is 19.1. The molecule has 0 aliphatic heterocycles. The predicted molar refractivity (Wildman–Crippen MR) is 68.5 cm³/mol. The minimum absolute atomic E-state index is 0.100. The molecule has 0 fully saturated rings. The minimum Gasteiger partial charge on any atom is -0.487 e. The Morgan fingerprint density at radius 3 is 2.53 bits per heavy atom. The van der Waals surface area contributed by atoms with E-state index in [1.165, 1.54) is 30.3 Å². The Labute approximate surface area is 109 Å². The van der Waals surface area contributed by atoms with Crippen molar-refractivity contribution in [1.82, 2.24) is 0 Å². The second-order valence-corrected chi connectivity index (χ2v) is 3.97. The van der Waals surface area contributed by atoms with E-state index in [1.54, 1.807) is 12.1 Å². The number of hydrogen-bond acceptors (Lipinski definition) is 3. The average molecular weight is 261 g/mol. The molecule has 0 saturated carbocycles. The van der Waals surface area contributed by atoms with E-state index >= 15 is 0 Å². The number of rotatable bonds is 4. The van der Waals surface area contributed by atoms with E-state index in [2.05, 4.69) is 0 Å². The third-order valence-electron chi connectivity index (χ3n) is 2.57. The first-order chi connectivity index (χ1) is 9.06. The Morgan fingerprint density at radius 1 is 1.21 bits per heavy atom. The predicted octanol–water partition coefficient (Wildman–Crippen LogP) is 2.69. The van der Waals surface area contributed by atoms with Crippen LogP contribution in [0, 0.1) is 5.82 Å². The maximum absolute atomic E-state index is 12.7. The van der Waals surface area contributed by atoms with Crippen LogP contribution in [0.25, 0.3) is 0 Å². The number of nitrogens with two attached hydrogens (primary N) is 1. The third-order valence-corrected chi connectivity index (χ3v) is 2.57. The van der Waals surface area contributed by atoms with Crippen molar-refractivity contribution in [3.63, 3.8) is 0 Å². The lowest BCUT2D eigenvalue weighted by Crippen LogP contribution is -2.02. The summed E-state index contributed by atoms with van der Waals surface area (Å²) in [4.78, 5) is 10.8. The summed E-state index contributed by atoms with van der Waals surface area (Å²) < 4.78 is 18.2. The second kappa shape index (κ2) is 5.39. The van der Waals surface area contributed by atoms with Crippen molar-refractivity contribution in [3.8, 4) is 5.75 Å². The van der Waals surface area contributed by atoms with Crippen molar-refractivity contribution in [2.75, 3.05) is 5.73 Å². The van der Waals surface area contributed by atoms with Gasteiger partial charge in [-0.15, -0.1) is 0 Å². The molecular formula is C14H12FNO3. The van der Waals surface area contributed by atoms with Crippen LogP contribution in [0.4, 0.5) is 10.1 Å². The summed E-state index contributed by atoms with van der Waals surface area (Å²) in [5.41, 5.74) is 6.92. The molecule has 0 atom stereocenters.